The lowest BCUT2D eigenvalue weighted by Crippen LogP contribution is -2.28. The average Bonchev–Trinajstić information content (AvgIpc) is 2.30. The van der Waals surface area contributed by atoms with E-state index in [4.69, 9.17) is 9.84 Å². The highest BCUT2D eigenvalue weighted by Gasteiger charge is 2.18. The summed E-state index contributed by atoms with van der Waals surface area (Å²) in [5, 5.41) is 8.63. The highest BCUT2D eigenvalue weighted by Crippen LogP contribution is 2.30. The molecule has 5 heteroatoms. The van der Waals surface area contributed by atoms with Crippen LogP contribution in [-0.2, 0) is 9.59 Å². The molecule has 0 saturated heterocycles. The van der Waals surface area contributed by atoms with E-state index in [9.17, 15) is 9.59 Å². The van der Waals surface area contributed by atoms with Crippen LogP contribution in [0.4, 0.5) is 5.69 Å². The van der Waals surface area contributed by atoms with Crippen molar-refractivity contribution >= 4 is 17.6 Å². The standard InChI is InChI=1S/C13H17NO4/c1-8-5-10(11(18-4)6-9(8)2)14(3)12(15)7-13(16)17/h5-6H,7H2,1-4H3,(H,16,17). The second-order valence-electron chi connectivity index (χ2n) is 4.13. The molecule has 0 aromatic heterocycles. The zero-order valence-corrected chi connectivity index (χ0v) is 11.0. The van der Waals surface area contributed by atoms with Crippen LogP contribution in [0.25, 0.3) is 0 Å². The smallest absolute Gasteiger partial charge is 0.312 e. The number of carbonyl (C=O) groups excluding carboxylic acids is 1. The minimum atomic E-state index is -1.14. The second-order valence-corrected chi connectivity index (χ2v) is 4.13. The predicted molar refractivity (Wildman–Crippen MR) is 68.1 cm³/mol. The van der Waals surface area contributed by atoms with Gasteiger partial charge in [-0.3, -0.25) is 9.59 Å². The van der Waals surface area contributed by atoms with Gasteiger partial charge in [0.2, 0.25) is 5.91 Å². The summed E-state index contributed by atoms with van der Waals surface area (Å²) in [6.45, 7) is 3.87. The van der Waals surface area contributed by atoms with Crippen LogP contribution in [0.2, 0.25) is 0 Å². The largest absolute Gasteiger partial charge is 0.495 e. The highest BCUT2D eigenvalue weighted by atomic mass is 16.5. The van der Waals surface area contributed by atoms with Crippen LogP contribution in [0.15, 0.2) is 12.1 Å². The SMILES string of the molecule is COc1cc(C)c(C)cc1N(C)C(=O)CC(=O)O. The fraction of sp³-hybridized carbons (Fsp3) is 0.385. The van der Waals surface area contributed by atoms with Gasteiger partial charge in [-0.15, -0.1) is 0 Å². The van der Waals surface area contributed by atoms with E-state index < -0.39 is 18.3 Å². The molecule has 0 spiro atoms. The van der Waals surface area contributed by atoms with Crippen molar-refractivity contribution in [1.82, 2.24) is 0 Å². The summed E-state index contributed by atoms with van der Waals surface area (Å²) in [6, 6.07) is 3.64. The third-order valence-corrected chi connectivity index (χ3v) is 2.83. The molecule has 1 aromatic carbocycles. The normalized spacial score (nSPS) is 10.0. The van der Waals surface area contributed by atoms with E-state index >= 15 is 0 Å². The van der Waals surface area contributed by atoms with Crippen molar-refractivity contribution in [3.05, 3.63) is 23.3 Å². The molecule has 0 aliphatic carbocycles. The van der Waals surface area contributed by atoms with E-state index in [0.717, 1.165) is 11.1 Å². The number of nitrogens with zero attached hydrogens (tertiary/aromatic N) is 1. The van der Waals surface area contributed by atoms with E-state index in [1.165, 1.54) is 19.1 Å². The van der Waals surface area contributed by atoms with Gasteiger partial charge in [0.25, 0.3) is 0 Å². The van der Waals surface area contributed by atoms with Crippen molar-refractivity contribution in [3.63, 3.8) is 0 Å². The Hall–Kier alpha value is -2.04. The Bertz CT molecular complexity index is 482. The van der Waals surface area contributed by atoms with E-state index in [-0.39, 0.29) is 0 Å². The molecule has 0 aliphatic rings. The van der Waals surface area contributed by atoms with Gasteiger partial charge in [-0.2, -0.15) is 0 Å². The fourth-order valence-corrected chi connectivity index (χ4v) is 1.58. The summed E-state index contributed by atoms with van der Waals surface area (Å²) in [4.78, 5) is 23.6. The lowest BCUT2D eigenvalue weighted by atomic mass is 10.1. The van der Waals surface area contributed by atoms with Crippen molar-refractivity contribution in [3.8, 4) is 5.75 Å². The Labute approximate surface area is 106 Å². The zero-order valence-electron chi connectivity index (χ0n) is 11.0. The maximum Gasteiger partial charge on any atom is 0.312 e. The summed E-state index contributed by atoms with van der Waals surface area (Å²) < 4.78 is 5.22. The summed E-state index contributed by atoms with van der Waals surface area (Å²) in [5.41, 5.74) is 2.64. The van der Waals surface area contributed by atoms with Crippen LogP contribution in [0.5, 0.6) is 5.75 Å². The number of hydrogen-bond acceptors (Lipinski definition) is 3. The minimum absolute atomic E-state index is 0.482. The molecule has 0 bridgehead atoms. The van der Waals surface area contributed by atoms with E-state index in [1.54, 1.807) is 0 Å². The minimum Gasteiger partial charge on any atom is -0.495 e. The molecule has 5 nitrogen and oxygen atoms in total. The molecule has 1 N–H and O–H groups in total. The van der Waals surface area contributed by atoms with Crippen LogP contribution in [-0.4, -0.2) is 31.1 Å². The Morgan fingerprint density at radius 3 is 2.33 bits per heavy atom. The molecule has 0 heterocycles. The van der Waals surface area contributed by atoms with E-state index in [2.05, 4.69) is 0 Å². The summed E-state index contributed by atoms with van der Waals surface area (Å²) >= 11 is 0. The molecule has 0 fully saturated rings. The Balaban J connectivity index is 3.11. The Kier molecular flexibility index (Phi) is 4.31. The summed E-state index contributed by atoms with van der Waals surface area (Å²) in [7, 11) is 3.06. The quantitative estimate of drug-likeness (QED) is 0.828. The monoisotopic (exact) mass is 251 g/mol. The van der Waals surface area contributed by atoms with Crippen LogP contribution in [0, 0.1) is 13.8 Å². The van der Waals surface area contributed by atoms with Gasteiger partial charge < -0.3 is 14.7 Å². The number of ether oxygens (including phenoxy) is 1. The molecule has 0 radical (unpaired) electrons. The first-order chi connectivity index (χ1) is 8.36. The molecular formula is C13H17NO4. The van der Waals surface area contributed by atoms with Crippen LogP contribution in [0.1, 0.15) is 17.5 Å². The number of benzene rings is 1. The number of anilines is 1. The van der Waals surface area contributed by atoms with Crippen LogP contribution in [0.3, 0.4) is 0 Å². The summed E-state index contributed by atoms with van der Waals surface area (Å²) in [6.07, 6.45) is -0.535. The lowest BCUT2D eigenvalue weighted by Gasteiger charge is -2.20. The Morgan fingerprint density at radius 1 is 1.28 bits per heavy atom. The Morgan fingerprint density at radius 2 is 1.83 bits per heavy atom. The van der Waals surface area contributed by atoms with Gasteiger partial charge in [0, 0.05) is 7.05 Å². The number of aliphatic carboxylic acids is 1. The van der Waals surface area contributed by atoms with Gasteiger partial charge in [-0.25, -0.2) is 0 Å². The van der Waals surface area contributed by atoms with E-state index in [1.807, 2.05) is 26.0 Å². The number of aryl methyl sites for hydroxylation is 2. The number of carbonyl (C=O) groups is 2. The van der Waals surface area contributed by atoms with E-state index in [0.29, 0.717) is 11.4 Å². The third-order valence-electron chi connectivity index (χ3n) is 2.83. The highest BCUT2D eigenvalue weighted by molar-refractivity contribution is 6.03. The van der Waals surface area contributed by atoms with Crippen LogP contribution < -0.4 is 9.64 Å². The van der Waals surface area contributed by atoms with Crippen molar-refractivity contribution in [2.24, 2.45) is 0 Å². The van der Waals surface area contributed by atoms with Gasteiger partial charge in [0.1, 0.15) is 12.2 Å². The first-order valence-electron chi connectivity index (χ1n) is 5.50. The van der Waals surface area contributed by atoms with Gasteiger partial charge >= 0.3 is 5.97 Å². The van der Waals surface area contributed by atoms with Crippen molar-refractivity contribution in [2.45, 2.75) is 20.3 Å². The molecule has 1 amide bonds. The number of hydrogen-bond donors (Lipinski definition) is 1. The zero-order chi connectivity index (χ0) is 13.9. The molecular weight excluding hydrogens is 234 g/mol. The first kappa shape index (κ1) is 14.0. The van der Waals surface area contributed by atoms with Crippen LogP contribution >= 0.6 is 0 Å². The maximum atomic E-state index is 11.7. The third kappa shape index (κ3) is 3.00. The number of carboxylic acid groups (broad SMARTS) is 1. The molecule has 0 unspecified atom stereocenters. The predicted octanol–water partition coefficient (Wildman–Crippen LogP) is 1.75. The lowest BCUT2D eigenvalue weighted by molar-refractivity contribution is -0.140. The van der Waals surface area contributed by atoms with Crippen molar-refractivity contribution in [1.29, 1.82) is 0 Å². The molecule has 0 atom stereocenters. The number of methoxy groups -OCH3 is 1. The van der Waals surface area contributed by atoms with Gasteiger partial charge in [-0.1, -0.05) is 0 Å². The number of amides is 1. The molecule has 1 rings (SSSR count). The summed E-state index contributed by atoms with van der Waals surface area (Å²) in [5.74, 6) is -1.07. The molecule has 1 aromatic rings. The molecule has 98 valence electrons. The molecule has 0 aliphatic heterocycles. The first-order valence-corrected chi connectivity index (χ1v) is 5.50. The molecule has 0 saturated carbocycles. The maximum absolute atomic E-state index is 11.7. The topological polar surface area (TPSA) is 66.8 Å². The average molecular weight is 251 g/mol. The second kappa shape index (κ2) is 5.53. The number of rotatable bonds is 4. The van der Waals surface area contributed by atoms with Gasteiger partial charge in [-0.05, 0) is 37.1 Å². The molecule has 18 heavy (non-hydrogen) atoms. The van der Waals surface area contributed by atoms with Crippen molar-refractivity contribution in [2.75, 3.05) is 19.1 Å². The fourth-order valence-electron chi connectivity index (χ4n) is 1.58. The van der Waals surface area contributed by atoms with Gasteiger partial charge in [0.15, 0.2) is 0 Å². The van der Waals surface area contributed by atoms with Gasteiger partial charge in [0.05, 0.1) is 12.8 Å². The number of carboxylic acids is 1. The van der Waals surface area contributed by atoms with Crippen molar-refractivity contribution < 1.29 is 19.4 Å².